The highest BCUT2D eigenvalue weighted by Crippen LogP contribution is 2.49. The van der Waals surface area contributed by atoms with Crippen molar-refractivity contribution in [3.8, 4) is 6.07 Å². The van der Waals surface area contributed by atoms with Crippen LogP contribution in [-0.4, -0.2) is 17.8 Å². The number of nitriles is 1. The average Bonchev–Trinajstić information content (AvgIpc) is 3.48. The zero-order valence-corrected chi connectivity index (χ0v) is 18.0. The Morgan fingerprint density at radius 2 is 1.91 bits per heavy atom. The van der Waals surface area contributed by atoms with Gasteiger partial charge in [0.25, 0.3) is 5.60 Å². The van der Waals surface area contributed by atoms with Crippen LogP contribution in [0.5, 0.6) is 0 Å². The molecule has 0 bridgehead atoms. The summed E-state index contributed by atoms with van der Waals surface area (Å²) >= 11 is 11.8. The van der Waals surface area contributed by atoms with Gasteiger partial charge in [-0.05, 0) is 42.7 Å². The molecule has 0 spiro atoms. The number of nitrogens with one attached hydrogen (secondary N) is 1. The highest BCUT2D eigenvalue weighted by atomic mass is 35.5. The molecule has 0 radical (unpaired) electrons. The molecule has 0 saturated heterocycles. The van der Waals surface area contributed by atoms with E-state index in [0.717, 1.165) is 25.0 Å². The molecular formula is C22H16Cl2F3N3O2. The summed E-state index contributed by atoms with van der Waals surface area (Å²) < 4.78 is 42.4. The Balaban J connectivity index is 1.60. The molecule has 10 heteroatoms. The first-order valence-electron chi connectivity index (χ1n) is 9.72. The van der Waals surface area contributed by atoms with Crippen LogP contribution in [0.3, 0.4) is 0 Å². The molecule has 1 aliphatic carbocycles. The van der Waals surface area contributed by atoms with Gasteiger partial charge in [-0.1, -0.05) is 40.5 Å². The highest BCUT2D eigenvalue weighted by molar-refractivity contribution is 6.34. The quantitative estimate of drug-likeness (QED) is 0.614. The van der Waals surface area contributed by atoms with Crippen molar-refractivity contribution in [2.24, 2.45) is 11.1 Å². The Labute approximate surface area is 191 Å². The van der Waals surface area contributed by atoms with E-state index >= 15 is 0 Å². The molecule has 4 rings (SSSR count). The molecule has 166 valence electrons. The van der Waals surface area contributed by atoms with Crippen molar-refractivity contribution in [3.63, 3.8) is 0 Å². The van der Waals surface area contributed by atoms with Crippen LogP contribution < -0.4 is 5.32 Å². The molecule has 5 nitrogen and oxygen atoms in total. The van der Waals surface area contributed by atoms with Crippen LogP contribution in [0.1, 0.15) is 41.5 Å². The fraction of sp³-hybridized carbons (Fsp3) is 0.318. The van der Waals surface area contributed by atoms with Crippen molar-refractivity contribution in [2.45, 2.75) is 37.6 Å². The van der Waals surface area contributed by atoms with Gasteiger partial charge in [-0.25, -0.2) is 0 Å². The van der Waals surface area contributed by atoms with Crippen LogP contribution in [0.15, 0.2) is 41.6 Å². The van der Waals surface area contributed by atoms with Gasteiger partial charge >= 0.3 is 6.18 Å². The lowest BCUT2D eigenvalue weighted by molar-refractivity contribution is -0.275. The molecule has 1 unspecified atom stereocenters. The number of amides is 1. The molecular weight excluding hydrogens is 466 g/mol. The SMILES string of the molecule is N#Cc1cc(C2=NOC(c3cc(Cl)cc(Cl)c3)(C(F)(F)F)C2)ccc1CNC(=O)C1CC1. The second kappa shape index (κ2) is 8.30. The number of carbonyl (C=O) groups excluding carboxylic acids is 1. The molecule has 1 saturated carbocycles. The lowest BCUT2D eigenvalue weighted by atomic mass is 9.86. The fourth-order valence-corrected chi connectivity index (χ4v) is 4.06. The van der Waals surface area contributed by atoms with E-state index in [2.05, 4.69) is 10.5 Å². The van der Waals surface area contributed by atoms with Crippen molar-refractivity contribution < 1.29 is 22.8 Å². The third-order valence-corrected chi connectivity index (χ3v) is 5.92. The lowest BCUT2D eigenvalue weighted by Crippen LogP contribution is -2.42. The monoisotopic (exact) mass is 481 g/mol. The predicted molar refractivity (Wildman–Crippen MR) is 112 cm³/mol. The second-order valence-corrected chi connectivity index (χ2v) is 8.64. The minimum Gasteiger partial charge on any atom is -0.374 e. The summed E-state index contributed by atoms with van der Waals surface area (Å²) in [5.74, 6) is -0.0398. The van der Waals surface area contributed by atoms with Gasteiger partial charge in [0.05, 0.1) is 17.3 Å². The van der Waals surface area contributed by atoms with E-state index < -0.39 is 18.2 Å². The van der Waals surface area contributed by atoms with E-state index in [9.17, 15) is 23.2 Å². The number of halogens is 5. The Hall–Kier alpha value is -2.76. The number of carbonyl (C=O) groups is 1. The number of alkyl halides is 3. The molecule has 0 aromatic heterocycles. The van der Waals surface area contributed by atoms with Crippen LogP contribution in [-0.2, 0) is 21.8 Å². The Kier molecular flexibility index (Phi) is 5.82. The average molecular weight is 482 g/mol. The van der Waals surface area contributed by atoms with E-state index in [1.807, 2.05) is 6.07 Å². The van der Waals surface area contributed by atoms with Crippen LogP contribution in [0.2, 0.25) is 10.0 Å². The number of rotatable bonds is 5. The van der Waals surface area contributed by atoms with Crippen molar-refractivity contribution >= 4 is 34.8 Å². The maximum Gasteiger partial charge on any atom is 0.435 e. The van der Waals surface area contributed by atoms with Gasteiger partial charge in [-0.3, -0.25) is 4.79 Å². The maximum atomic E-state index is 14.1. The molecule has 2 aromatic rings. The number of nitrogens with zero attached hydrogens (tertiary/aromatic N) is 2. The van der Waals surface area contributed by atoms with Crippen molar-refractivity contribution in [1.82, 2.24) is 5.32 Å². The molecule has 32 heavy (non-hydrogen) atoms. The number of hydrogen-bond donors (Lipinski definition) is 1. The van der Waals surface area contributed by atoms with Gasteiger partial charge < -0.3 is 10.2 Å². The molecule has 1 fully saturated rings. The zero-order chi connectivity index (χ0) is 23.1. The van der Waals surface area contributed by atoms with Gasteiger partial charge in [0.15, 0.2) is 0 Å². The first kappa shape index (κ1) is 22.4. The Morgan fingerprint density at radius 1 is 1.22 bits per heavy atom. The minimum absolute atomic E-state index is 0.0280. The van der Waals surface area contributed by atoms with Crippen LogP contribution in [0, 0.1) is 17.2 Å². The molecule has 1 heterocycles. The van der Waals surface area contributed by atoms with Crippen molar-refractivity contribution in [2.75, 3.05) is 0 Å². The second-order valence-electron chi connectivity index (χ2n) is 7.76. The summed E-state index contributed by atoms with van der Waals surface area (Å²) in [7, 11) is 0. The number of hydrogen-bond acceptors (Lipinski definition) is 4. The zero-order valence-electron chi connectivity index (χ0n) is 16.5. The first-order chi connectivity index (χ1) is 15.1. The third kappa shape index (κ3) is 4.27. The third-order valence-electron chi connectivity index (χ3n) is 5.48. The summed E-state index contributed by atoms with van der Waals surface area (Å²) in [6.45, 7) is 0.162. The number of oxime groups is 1. The normalized spacial score (nSPS) is 20.3. The maximum absolute atomic E-state index is 14.1. The smallest absolute Gasteiger partial charge is 0.374 e. The molecule has 2 aliphatic rings. The summed E-state index contributed by atoms with van der Waals surface area (Å²) in [5, 5.41) is 16.1. The Bertz CT molecular complexity index is 1140. The van der Waals surface area contributed by atoms with Crippen molar-refractivity contribution in [1.29, 1.82) is 5.26 Å². The summed E-state index contributed by atoms with van der Waals surface area (Å²) in [6.07, 6.45) is -3.71. The first-order valence-corrected chi connectivity index (χ1v) is 10.5. The molecule has 1 aliphatic heterocycles. The predicted octanol–water partition coefficient (Wildman–Crippen LogP) is 5.47. The highest BCUT2D eigenvalue weighted by Gasteiger charge is 2.62. The van der Waals surface area contributed by atoms with E-state index in [4.69, 9.17) is 28.0 Å². The van der Waals surface area contributed by atoms with E-state index in [0.29, 0.717) is 11.1 Å². The van der Waals surface area contributed by atoms with Gasteiger partial charge in [0, 0.05) is 40.1 Å². The van der Waals surface area contributed by atoms with E-state index in [1.165, 1.54) is 12.1 Å². The fourth-order valence-electron chi connectivity index (χ4n) is 3.53. The van der Waals surface area contributed by atoms with Crippen molar-refractivity contribution in [3.05, 3.63) is 68.7 Å². The molecule has 1 N–H and O–H groups in total. The standard InChI is InChI=1S/C22H16Cl2F3N3O2/c23-17-6-16(7-18(24)8-17)21(22(25,26)27)9-19(30-32-21)13-3-4-14(15(5-13)10-28)11-29-20(31)12-1-2-12/h3-8,12H,1-2,9,11H2,(H,29,31). The van der Waals surface area contributed by atoms with Crippen LogP contribution in [0.4, 0.5) is 13.2 Å². The summed E-state index contributed by atoms with van der Waals surface area (Å²) in [6, 6.07) is 10.2. The molecule has 2 aromatic carbocycles. The van der Waals surface area contributed by atoms with E-state index in [-0.39, 0.29) is 45.3 Å². The van der Waals surface area contributed by atoms with Gasteiger partial charge in [0.1, 0.15) is 0 Å². The Morgan fingerprint density at radius 3 is 2.50 bits per heavy atom. The minimum atomic E-state index is -4.81. The molecule has 1 atom stereocenters. The lowest BCUT2D eigenvalue weighted by Gasteiger charge is -2.29. The summed E-state index contributed by atoms with van der Waals surface area (Å²) in [5.41, 5.74) is -1.87. The molecule has 1 amide bonds. The van der Waals surface area contributed by atoms with E-state index in [1.54, 1.807) is 12.1 Å². The topological polar surface area (TPSA) is 74.5 Å². The number of benzene rings is 2. The summed E-state index contributed by atoms with van der Waals surface area (Å²) in [4.78, 5) is 16.8. The van der Waals surface area contributed by atoms with Crippen LogP contribution >= 0.6 is 23.2 Å². The van der Waals surface area contributed by atoms with Gasteiger partial charge in [0.2, 0.25) is 5.91 Å². The van der Waals surface area contributed by atoms with Crippen LogP contribution in [0.25, 0.3) is 0 Å². The van der Waals surface area contributed by atoms with Gasteiger partial charge in [-0.2, -0.15) is 18.4 Å². The van der Waals surface area contributed by atoms with Gasteiger partial charge in [-0.15, -0.1) is 0 Å². The largest absolute Gasteiger partial charge is 0.435 e.